The summed E-state index contributed by atoms with van der Waals surface area (Å²) in [7, 11) is 0. The molecule has 2 N–H and O–H groups in total. The van der Waals surface area contributed by atoms with Crippen molar-refractivity contribution in [2.45, 2.75) is 38.0 Å². The molecule has 2 rings (SSSR count). The molecule has 1 aromatic rings. The minimum atomic E-state index is 0.635. The first-order valence-electron chi connectivity index (χ1n) is 5.65. The summed E-state index contributed by atoms with van der Waals surface area (Å²) in [5, 5.41) is 2.17. The molecule has 1 saturated carbocycles. The number of hydrogen-bond acceptors (Lipinski definition) is 2. The quantitative estimate of drug-likeness (QED) is 0.811. The van der Waals surface area contributed by atoms with Gasteiger partial charge in [-0.05, 0) is 30.2 Å². The van der Waals surface area contributed by atoms with Gasteiger partial charge in [0.05, 0.1) is 0 Å². The summed E-state index contributed by atoms with van der Waals surface area (Å²) in [6.07, 6.45) is 7.02. The Labute approximate surface area is 90.3 Å². The van der Waals surface area contributed by atoms with Crippen molar-refractivity contribution >= 4 is 11.3 Å². The van der Waals surface area contributed by atoms with Crippen LogP contribution in [0, 0.1) is 5.92 Å². The van der Waals surface area contributed by atoms with Crippen molar-refractivity contribution in [3.8, 4) is 0 Å². The summed E-state index contributed by atoms with van der Waals surface area (Å²) in [6, 6.07) is 4.39. The van der Waals surface area contributed by atoms with Gasteiger partial charge in [-0.25, -0.2) is 0 Å². The zero-order valence-corrected chi connectivity index (χ0v) is 9.43. The Bertz CT molecular complexity index is 249. The van der Waals surface area contributed by atoms with Crippen LogP contribution in [0.3, 0.4) is 0 Å². The summed E-state index contributed by atoms with van der Waals surface area (Å²) in [6.45, 7) is 0.825. The summed E-state index contributed by atoms with van der Waals surface area (Å²) < 4.78 is 0. The van der Waals surface area contributed by atoms with Gasteiger partial charge in [-0.3, -0.25) is 0 Å². The standard InChI is InChI=1S/C12H19NS/c13-9-11(12-7-4-8-14-12)10-5-2-1-3-6-10/h4,7-8,10-11H,1-3,5-6,9,13H2. The van der Waals surface area contributed by atoms with Crippen LogP contribution in [0.5, 0.6) is 0 Å². The van der Waals surface area contributed by atoms with E-state index in [9.17, 15) is 0 Å². The first-order chi connectivity index (χ1) is 6.92. The number of thiophene rings is 1. The molecular weight excluding hydrogens is 190 g/mol. The summed E-state index contributed by atoms with van der Waals surface area (Å²) >= 11 is 1.87. The van der Waals surface area contributed by atoms with Gasteiger partial charge in [0.2, 0.25) is 0 Å². The van der Waals surface area contributed by atoms with Gasteiger partial charge >= 0.3 is 0 Å². The molecule has 1 aromatic heterocycles. The van der Waals surface area contributed by atoms with Crippen molar-refractivity contribution in [1.29, 1.82) is 0 Å². The second-order valence-corrected chi connectivity index (χ2v) is 5.23. The zero-order valence-electron chi connectivity index (χ0n) is 8.61. The maximum atomic E-state index is 5.90. The fraction of sp³-hybridized carbons (Fsp3) is 0.667. The first kappa shape index (κ1) is 10.2. The van der Waals surface area contributed by atoms with Crippen LogP contribution in [0.25, 0.3) is 0 Å². The molecule has 0 saturated heterocycles. The topological polar surface area (TPSA) is 26.0 Å². The molecule has 0 aromatic carbocycles. The van der Waals surface area contributed by atoms with E-state index in [1.165, 1.54) is 37.0 Å². The second kappa shape index (κ2) is 4.94. The SMILES string of the molecule is NCC(c1cccs1)C1CCCCC1. The van der Waals surface area contributed by atoms with Gasteiger partial charge in [0.25, 0.3) is 0 Å². The molecule has 1 aliphatic carbocycles. The van der Waals surface area contributed by atoms with Crippen molar-refractivity contribution in [2.75, 3.05) is 6.54 Å². The molecule has 0 spiro atoms. The van der Waals surface area contributed by atoms with Crippen LogP contribution in [0.15, 0.2) is 17.5 Å². The Morgan fingerprint density at radius 1 is 1.36 bits per heavy atom. The van der Waals surface area contributed by atoms with E-state index in [1.807, 2.05) is 11.3 Å². The predicted molar refractivity (Wildman–Crippen MR) is 62.7 cm³/mol. The van der Waals surface area contributed by atoms with Crippen LogP contribution in [-0.2, 0) is 0 Å². The van der Waals surface area contributed by atoms with E-state index in [-0.39, 0.29) is 0 Å². The molecule has 78 valence electrons. The van der Waals surface area contributed by atoms with Crippen LogP contribution < -0.4 is 5.73 Å². The van der Waals surface area contributed by atoms with Crippen LogP contribution in [0.1, 0.15) is 42.9 Å². The third-order valence-electron chi connectivity index (χ3n) is 3.38. The van der Waals surface area contributed by atoms with Crippen molar-refractivity contribution in [3.05, 3.63) is 22.4 Å². The van der Waals surface area contributed by atoms with Gasteiger partial charge in [0, 0.05) is 17.3 Å². The molecule has 1 atom stereocenters. The van der Waals surface area contributed by atoms with E-state index in [0.29, 0.717) is 5.92 Å². The Morgan fingerprint density at radius 3 is 2.71 bits per heavy atom. The lowest BCUT2D eigenvalue weighted by molar-refractivity contribution is 0.310. The Hall–Kier alpha value is -0.340. The van der Waals surface area contributed by atoms with Crippen molar-refractivity contribution in [3.63, 3.8) is 0 Å². The van der Waals surface area contributed by atoms with Crippen LogP contribution in [-0.4, -0.2) is 6.54 Å². The molecule has 1 heterocycles. The highest BCUT2D eigenvalue weighted by atomic mass is 32.1. The molecule has 1 fully saturated rings. The molecule has 0 radical (unpaired) electrons. The van der Waals surface area contributed by atoms with Crippen LogP contribution in [0.2, 0.25) is 0 Å². The average molecular weight is 209 g/mol. The van der Waals surface area contributed by atoms with Gasteiger partial charge in [0.1, 0.15) is 0 Å². The third-order valence-corrected chi connectivity index (χ3v) is 4.39. The van der Waals surface area contributed by atoms with E-state index >= 15 is 0 Å². The van der Waals surface area contributed by atoms with Gasteiger partial charge < -0.3 is 5.73 Å². The summed E-state index contributed by atoms with van der Waals surface area (Å²) in [5.74, 6) is 1.49. The number of nitrogens with two attached hydrogens (primary N) is 1. The third kappa shape index (κ3) is 2.18. The van der Waals surface area contributed by atoms with E-state index in [4.69, 9.17) is 5.73 Å². The Balaban J connectivity index is 2.04. The van der Waals surface area contributed by atoms with Crippen molar-refractivity contribution in [2.24, 2.45) is 11.7 Å². The van der Waals surface area contributed by atoms with Gasteiger partial charge in [0.15, 0.2) is 0 Å². The summed E-state index contributed by atoms with van der Waals surface area (Å²) in [4.78, 5) is 1.50. The molecular formula is C12H19NS. The maximum Gasteiger partial charge on any atom is 0.00915 e. The molecule has 2 heteroatoms. The lowest BCUT2D eigenvalue weighted by Gasteiger charge is -2.28. The highest BCUT2D eigenvalue weighted by Gasteiger charge is 2.24. The molecule has 14 heavy (non-hydrogen) atoms. The lowest BCUT2D eigenvalue weighted by atomic mass is 9.79. The average Bonchev–Trinajstić information content (AvgIpc) is 2.74. The fourth-order valence-electron chi connectivity index (χ4n) is 2.58. The lowest BCUT2D eigenvalue weighted by Crippen LogP contribution is -2.22. The minimum absolute atomic E-state index is 0.635. The van der Waals surface area contributed by atoms with Crippen molar-refractivity contribution < 1.29 is 0 Å². The second-order valence-electron chi connectivity index (χ2n) is 4.26. The van der Waals surface area contributed by atoms with Gasteiger partial charge in [-0.15, -0.1) is 11.3 Å². The van der Waals surface area contributed by atoms with Gasteiger partial charge in [-0.1, -0.05) is 25.3 Å². The molecule has 0 amide bonds. The van der Waals surface area contributed by atoms with E-state index in [1.54, 1.807) is 0 Å². The van der Waals surface area contributed by atoms with E-state index in [2.05, 4.69) is 17.5 Å². The molecule has 1 unspecified atom stereocenters. The number of rotatable bonds is 3. The molecule has 0 bridgehead atoms. The fourth-order valence-corrected chi connectivity index (χ4v) is 3.51. The molecule has 1 nitrogen and oxygen atoms in total. The van der Waals surface area contributed by atoms with Gasteiger partial charge in [-0.2, -0.15) is 0 Å². The van der Waals surface area contributed by atoms with E-state index < -0.39 is 0 Å². The summed E-state index contributed by atoms with van der Waals surface area (Å²) in [5.41, 5.74) is 5.90. The monoisotopic (exact) mass is 209 g/mol. The largest absolute Gasteiger partial charge is 0.330 e. The molecule has 0 aliphatic heterocycles. The Morgan fingerprint density at radius 2 is 2.14 bits per heavy atom. The predicted octanol–water partition coefficient (Wildman–Crippen LogP) is 3.37. The first-order valence-corrected chi connectivity index (χ1v) is 6.53. The minimum Gasteiger partial charge on any atom is -0.330 e. The smallest absolute Gasteiger partial charge is 0.00915 e. The zero-order chi connectivity index (χ0) is 9.80. The highest BCUT2D eigenvalue weighted by molar-refractivity contribution is 7.10. The van der Waals surface area contributed by atoms with Crippen LogP contribution in [0.4, 0.5) is 0 Å². The van der Waals surface area contributed by atoms with Crippen LogP contribution >= 0.6 is 11.3 Å². The maximum absolute atomic E-state index is 5.90. The van der Waals surface area contributed by atoms with E-state index in [0.717, 1.165) is 12.5 Å². The highest BCUT2D eigenvalue weighted by Crippen LogP contribution is 2.36. The normalized spacial score (nSPS) is 20.9. The Kier molecular flexibility index (Phi) is 3.60. The molecule has 1 aliphatic rings. The van der Waals surface area contributed by atoms with Crippen molar-refractivity contribution in [1.82, 2.24) is 0 Å². The number of hydrogen-bond donors (Lipinski definition) is 1.